The van der Waals surface area contributed by atoms with E-state index in [0.717, 1.165) is 25.9 Å². The van der Waals surface area contributed by atoms with Gasteiger partial charge in [0.1, 0.15) is 6.04 Å². The van der Waals surface area contributed by atoms with Crippen LogP contribution in [0.15, 0.2) is 29.2 Å². The van der Waals surface area contributed by atoms with Crippen LogP contribution in [-0.2, 0) is 15.6 Å². The molecule has 23 heavy (non-hydrogen) atoms. The maximum atomic E-state index is 12.2. The number of nitrogens with one attached hydrogen (secondary N) is 1. The zero-order chi connectivity index (χ0) is 17.0. The monoisotopic (exact) mass is 336 g/mol. The number of carbonyl (C=O) groups is 2. The first kappa shape index (κ1) is 17.7. The largest absolute Gasteiger partial charge is 0.341 e. The standard InChI is InChI=1S/C17H24N2O3S/c1-12(2)23(22)15-8-6-14(7-9-15)16(20)18-13(3)17(21)19-10-4-5-11-19/h6-9,12-13H,4-5,10-11H2,1-3H3,(H,18,20)/t13-,23+/m0/s1. The van der Waals surface area contributed by atoms with Crippen LogP contribution in [0.3, 0.4) is 0 Å². The smallest absolute Gasteiger partial charge is 0.251 e. The Morgan fingerprint density at radius 3 is 2.17 bits per heavy atom. The van der Waals surface area contributed by atoms with E-state index in [-0.39, 0.29) is 17.1 Å². The van der Waals surface area contributed by atoms with Gasteiger partial charge >= 0.3 is 0 Å². The predicted molar refractivity (Wildman–Crippen MR) is 90.7 cm³/mol. The van der Waals surface area contributed by atoms with E-state index in [4.69, 9.17) is 0 Å². The highest BCUT2D eigenvalue weighted by Crippen LogP contribution is 2.13. The second-order valence-electron chi connectivity index (χ2n) is 6.10. The van der Waals surface area contributed by atoms with Crippen molar-refractivity contribution in [3.05, 3.63) is 29.8 Å². The molecule has 6 heteroatoms. The van der Waals surface area contributed by atoms with Crippen molar-refractivity contribution in [1.82, 2.24) is 10.2 Å². The van der Waals surface area contributed by atoms with Crippen LogP contribution >= 0.6 is 0 Å². The Bertz CT molecular complexity index is 592. The van der Waals surface area contributed by atoms with E-state index in [1.807, 2.05) is 13.8 Å². The summed E-state index contributed by atoms with van der Waals surface area (Å²) >= 11 is 0. The lowest BCUT2D eigenvalue weighted by molar-refractivity contribution is -0.131. The SMILES string of the molecule is CC(C)[S@@](=O)c1ccc(C(=O)N[C@@H](C)C(=O)N2CCCC2)cc1. The van der Waals surface area contributed by atoms with Crippen LogP contribution < -0.4 is 5.32 Å². The van der Waals surface area contributed by atoms with Crippen molar-refractivity contribution < 1.29 is 13.8 Å². The maximum Gasteiger partial charge on any atom is 0.251 e. The fraction of sp³-hybridized carbons (Fsp3) is 0.529. The Kier molecular flexibility index (Phi) is 5.93. The summed E-state index contributed by atoms with van der Waals surface area (Å²) in [6.45, 7) is 7.04. The average molecular weight is 336 g/mol. The lowest BCUT2D eigenvalue weighted by Gasteiger charge is -2.21. The topological polar surface area (TPSA) is 66.5 Å². The van der Waals surface area contributed by atoms with Crippen molar-refractivity contribution in [1.29, 1.82) is 0 Å². The van der Waals surface area contributed by atoms with Gasteiger partial charge in [-0.25, -0.2) is 0 Å². The third kappa shape index (κ3) is 4.41. The van der Waals surface area contributed by atoms with Crippen LogP contribution in [0.4, 0.5) is 0 Å². The molecule has 1 saturated heterocycles. The van der Waals surface area contributed by atoms with E-state index in [2.05, 4.69) is 5.32 Å². The molecule has 1 fully saturated rings. The lowest BCUT2D eigenvalue weighted by Crippen LogP contribution is -2.45. The summed E-state index contributed by atoms with van der Waals surface area (Å²) in [5.74, 6) is -0.319. The fourth-order valence-electron chi connectivity index (χ4n) is 2.57. The van der Waals surface area contributed by atoms with E-state index in [1.54, 1.807) is 36.1 Å². The third-order valence-corrected chi connectivity index (χ3v) is 5.51. The minimum absolute atomic E-state index is 0.0339. The molecule has 1 N–H and O–H groups in total. The first-order chi connectivity index (χ1) is 10.9. The summed E-state index contributed by atoms with van der Waals surface area (Å²) in [5, 5.41) is 2.77. The Hall–Kier alpha value is -1.69. The van der Waals surface area contributed by atoms with Gasteiger partial charge in [0.2, 0.25) is 5.91 Å². The van der Waals surface area contributed by atoms with Crippen LogP contribution in [-0.4, -0.2) is 45.3 Å². The van der Waals surface area contributed by atoms with Crippen molar-refractivity contribution in [3.63, 3.8) is 0 Å². The quantitative estimate of drug-likeness (QED) is 0.894. The normalized spacial score (nSPS) is 17.1. The molecule has 5 nitrogen and oxygen atoms in total. The number of hydrogen-bond donors (Lipinski definition) is 1. The second kappa shape index (κ2) is 7.73. The highest BCUT2D eigenvalue weighted by molar-refractivity contribution is 7.85. The fourth-order valence-corrected chi connectivity index (χ4v) is 3.51. The number of hydrogen-bond acceptors (Lipinski definition) is 3. The summed E-state index contributed by atoms with van der Waals surface area (Å²) < 4.78 is 12.0. The Morgan fingerprint density at radius 1 is 1.09 bits per heavy atom. The molecular weight excluding hydrogens is 312 g/mol. The van der Waals surface area contributed by atoms with Crippen molar-refractivity contribution in [2.75, 3.05) is 13.1 Å². The van der Waals surface area contributed by atoms with Gasteiger partial charge in [0.25, 0.3) is 5.91 Å². The molecule has 0 spiro atoms. The highest BCUT2D eigenvalue weighted by atomic mass is 32.2. The number of carbonyl (C=O) groups excluding carboxylic acids is 2. The second-order valence-corrected chi connectivity index (χ2v) is 8.11. The Balaban J connectivity index is 1.97. The summed E-state index contributed by atoms with van der Waals surface area (Å²) in [6.07, 6.45) is 2.06. The minimum Gasteiger partial charge on any atom is -0.341 e. The van der Waals surface area contributed by atoms with Gasteiger partial charge in [0.05, 0.1) is 10.8 Å². The highest BCUT2D eigenvalue weighted by Gasteiger charge is 2.24. The number of likely N-dealkylation sites (tertiary alicyclic amines) is 1. The van der Waals surface area contributed by atoms with E-state index in [0.29, 0.717) is 10.5 Å². The summed E-state index contributed by atoms with van der Waals surface area (Å²) in [7, 11) is -1.07. The van der Waals surface area contributed by atoms with Crippen molar-refractivity contribution in [2.45, 2.75) is 49.8 Å². The molecule has 1 aromatic rings. The van der Waals surface area contributed by atoms with Crippen LogP contribution in [0.2, 0.25) is 0 Å². The van der Waals surface area contributed by atoms with Gasteiger partial charge in [-0.15, -0.1) is 0 Å². The van der Waals surface area contributed by atoms with Crippen molar-refractivity contribution >= 4 is 22.6 Å². The summed E-state index contributed by atoms with van der Waals surface area (Å²) in [6, 6.07) is 6.18. The first-order valence-electron chi connectivity index (χ1n) is 8.00. The van der Waals surface area contributed by atoms with Gasteiger partial charge in [-0.3, -0.25) is 13.8 Å². The maximum absolute atomic E-state index is 12.2. The van der Waals surface area contributed by atoms with E-state index >= 15 is 0 Å². The Labute approximate surface area is 139 Å². The number of rotatable bonds is 5. The molecule has 0 bridgehead atoms. The van der Waals surface area contributed by atoms with Crippen LogP contribution in [0.25, 0.3) is 0 Å². The first-order valence-corrected chi connectivity index (χ1v) is 9.21. The van der Waals surface area contributed by atoms with Gasteiger partial charge in [0, 0.05) is 28.8 Å². The van der Waals surface area contributed by atoms with E-state index < -0.39 is 16.8 Å². The number of amides is 2. The molecule has 1 aliphatic rings. The molecule has 0 aliphatic carbocycles. The zero-order valence-corrected chi connectivity index (χ0v) is 14.7. The predicted octanol–water partition coefficient (Wildman–Crippen LogP) is 1.94. The molecule has 2 rings (SSSR count). The van der Waals surface area contributed by atoms with Crippen LogP contribution in [0.1, 0.15) is 44.0 Å². The molecule has 0 radical (unpaired) electrons. The molecule has 2 amide bonds. The molecule has 0 aromatic heterocycles. The molecule has 126 valence electrons. The number of benzene rings is 1. The van der Waals surface area contributed by atoms with Gasteiger partial charge in [-0.05, 0) is 44.0 Å². The van der Waals surface area contributed by atoms with Crippen molar-refractivity contribution in [2.24, 2.45) is 0 Å². The molecule has 1 aromatic carbocycles. The van der Waals surface area contributed by atoms with Crippen molar-refractivity contribution in [3.8, 4) is 0 Å². The van der Waals surface area contributed by atoms with Crippen LogP contribution in [0.5, 0.6) is 0 Å². The lowest BCUT2D eigenvalue weighted by atomic mass is 10.2. The molecule has 1 aliphatic heterocycles. The molecule has 2 atom stereocenters. The minimum atomic E-state index is -1.07. The molecular formula is C17H24N2O3S. The summed E-state index contributed by atoms with van der Waals surface area (Å²) in [5.41, 5.74) is 0.468. The third-order valence-electron chi connectivity index (χ3n) is 3.91. The van der Waals surface area contributed by atoms with Gasteiger partial charge in [-0.2, -0.15) is 0 Å². The summed E-state index contributed by atoms with van der Waals surface area (Å²) in [4.78, 5) is 26.9. The Morgan fingerprint density at radius 2 is 1.65 bits per heavy atom. The number of nitrogens with zero attached hydrogens (tertiary/aromatic N) is 1. The zero-order valence-electron chi connectivity index (χ0n) is 13.9. The average Bonchev–Trinajstić information content (AvgIpc) is 3.07. The van der Waals surface area contributed by atoms with Crippen LogP contribution in [0, 0.1) is 0 Å². The van der Waals surface area contributed by atoms with Gasteiger partial charge < -0.3 is 10.2 Å². The van der Waals surface area contributed by atoms with E-state index in [1.165, 1.54) is 0 Å². The molecule has 0 saturated carbocycles. The van der Waals surface area contributed by atoms with E-state index in [9.17, 15) is 13.8 Å². The molecule has 0 unspecified atom stereocenters. The van der Waals surface area contributed by atoms with Gasteiger partial charge in [0.15, 0.2) is 0 Å². The van der Waals surface area contributed by atoms with Gasteiger partial charge in [-0.1, -0.05) is 13.8 Å². The molecule has 1 heterocycles.